The third-order valence-corrected chi connectivity index (χ3v) is 4.01. The van der Waals surface area contributed by atoms with E-state index in [-0.39, 0.29) is 6.04 Å². The molecule has 2 N–H and O–H groups in total. The van der Waals surface area contributed by atoms with Crippen LogP contribution in [0.15, 0.2) is 24.3 Å². The number of hydrogen-bond acceptors (Lipinski definition) is 2. The number of nitrogens with zero attached hydrogens (tertiary/aromatic N) is 1. The van der Waals surface area contributed by atoms with Gasteiger partial charge in [0, 0.05) is 24.8 Å². The van der Waals surface area contributed by atoms with Crippen LogP contribution in [0.5, 0.6) is 0 Å². The number of anilines is 1. The molecule has 19 heavy (non-hydrogen) atoms. The van der Waals surface area contributed by atoms with Crippen molar-refractivity contribution in [1.82, 2.24) is 0 Å². The lowest BCUT2D eigenvalue weighted by molar-refractivity contribution is 0.509. The summed E-state index contributed by atoms with van der Waals surface area (Å²) in [5.74, 6) is 0.646. The molecular formula is C17H28N2. The zero-order valence-corrected chi connectivity index (χ0v) is 12.4. The molecule has 0 radical (unpaired) electrons. The average Bonchev–Trinajstić information content (AvgIpc) is 2.66. The molecule has 1 aromatic rings. The standard InChI is InChI=1S/C17H28N2/c1-14(2)13-16(18)15-9-5-6-10-17(15)19-11-7-3-4-8-12-19/h5-6,9-10,14,16H,3-4,7-8,11-13,18H2,1-2H3. The Bertz CT molecular complexity index is 379. The molecule has 2 nitrogen and oxygen atoms in total. The number of hydrogen-bond donors (Lipinski definition) is 1. The van der Waals surface area contributed by atoms with Crippen molar-refractivity contribution >= 4 is 5.69 Å². The lowest BCUT2D eigenvalue weighted by Gasteiger charge is -2.28. The highest BCUT2D eigenvalue weighted by atomic mass is 15.1. The molecule has 0 aliphatic carbocycles. The summed E-state index contributed by atoms with van der Waals surface area (Å²) in [5.41, 5.74) is 9.12. The first-order valence-corrected chi connectivity index (χ1v) is 7.78. The Labute approximate surface area is 118 Å². The average molecular weight is 260 g/mol. The van der Waals surface area contributed by atoms with Gasteiger partial charge >= 0.3 is 0 Å². The van der Waals surface area contributed by atoms with Crippen molar-refractivity contribution in [2.45, 2.75) is 52.0 Å². The van der Waals surface area contributed by atoms with E-state index in [0.29, 0.717) is 5.92 Å². The molecule has 1 aliphatic heterocycles. The van der Waals surface area contributed by atoms with Crippen molar-refractivity contribution in [3.63, 3.8) is 0 Å². The van der Waals surface area contributed by atoms with E-state index < -0.39 is 0 Å². The predicted octanol–water partition coefficient (Wildman–Crippen LogP) is 4.11. The van der Waals surface area contributed by atoms with Crippen LogP contribution in [0, 0.1) is 5.92 Å². The van der Waals surface area contributed by atoms with Gasteiger partial charge in [-0.2, -0.15) is 0 Å². The molecule has 0 spiro atoms. The van der Waals surface area contributed by atoms with Gasteiger partial charge in [0.15, 0.2) is 0 Å². The van der Waals surface area contributed by atoms with Crippen molar-refractivity contribution in [1.29, 1.82) is 0 Å². The van der Waals surface area contributed by atoms with E-state index >= 15 is 0 Å². The van der Waals surface area contributed by atoms with Gasteiger partial charge in [0.2, 0.25) is 0 Å². The van der Waals surface area contributed by atoms with Crippen molar-refractivity contribution in [3.05, 3.63) is 29.8 Å². The quantitative estimate of drug-likeness (QED) is 0.882. The second-order valence-corrected chi connectivity index (χ2v) is 6.20. The lowest BCUT2D eigenvalue weighted by atomic mass is 9.96. The third-order valence-electron chi connectivity index (χ3n) is 4.01. The summed E-state index contributed by atoms with van der Waals surface area (Å²) < 4.78 is 0. The third kappa shape index (κ3) is 3.97. The summed E-state index contributed by atoms with van der Waals surface area (Å²) in [6.07, 6.45) is 6.43. The molecule has 0 amide bonds. The van der Waals surface area contributed by atoms with Gasteiger partial charge in [-0.3, -0.25) is 0 Å². The number of nitrogens with two attached hydrogens (primary N) is 1. The molecule has 0 saturated carbocycles. The number of para-hydroxylation sites is 1. The molecule has 1 atom stereocenters. The molecule has 2 rings (SSSR count). The van der Waals surface area contributed by atoms with Crippen LogP contribution in [0.3, 0.4) is 0 Å². The van der Waals surface area contributed by atoms with Crippen molar-refractivity contribution in [2.24, 2.45) is 11.7 Å². The Hall–Kier alpha value is -1.02. The minimum atomic E-state index is 0.166. The van der Waals surface area contributed by atoms with Gasteiger partial charge in [-0.1, -0.05) is 44.9 Å². The fourth-order valence-electron chi connectivity index (χ4n) is 3.04. The van der Waals surface area contributed by atoms with Crippen molar-refractivity contribution < 1.29 is 0 Å². The zero-order valence-electron chi connectivity index (χ0n) is 12.4. The summed E-state index contributed by atoms with van der Waals surface area (Å²) in [7, 11) is 0. The summed E-state index contributed by atoms with van der Waals surface area (Å²) in [6, 6.07) is 8.90. The van der Waals surface area contributed by atoms with Crippen LogP contribution < -0.4 is 10.6 Å². The second-order valence-electron chi connectivity index (χ2n) is 6.20. The van der Waals surface area contributed by atoms with Gasteiger partial charge in [-0.05, 0) is 36.8 Å². The van der Waals surface area contributed by atoms with Crippen LogP contribution >= 0.6 is 0 Å². The van der Waals surface area contributed by atoms with E-state index in [4.69, 9.17) is 5.73 Å². The number of benzene rings is 1. The molecule has 106 valence electrons. The smallest absolute Gasteiger partial charge is 0.0414 e. The molecule has 0 bridgehead atoms. The van der Waals surface area contributed by atoms with Crippen LogP contribution in [0.4, 0.5) is 5.69 Å². The first-order valence-electron chi connectivity index (χ1n) is 7.78. The molecule has 2 heteroatoms. The van der Waals surface area contributed by atoms with Gasteiger partial charge < -0.3 is 10.6 Å². The van der Waals surface area contributed by atoms with E-state index in [2.05, 4.69) is 43.0 Å². The second kappa shape index (κ2) is 6.95. The van der Waals surface area contributed by atoms with Crippen LogP contribution in [-0.4, -0.2) is 13.1 Å². The molecule has 1 aliphatic rings. The fraction of sp³-hybridized carbons (Fsp3) is 0.647. The topological polar surface area (TPSA) is 29.3 Å². The highest BCUT2D eigenvalue weighted by Gasteiger charge is 2.17. The minimum Gasteiger partial charge on any atom is -0.371 e. The normalized spacial score (nSPS) is 18.4. The fourth-order valence-corrected chi connectivity index (χ4v) is 3.04. The maximum atomic E-state index is 6.42. The summed E-state index contributed by atoms with van der Waals surface area (Å²) in [4.78, 5) is 2.54. The zero-order chi connectivity index (χ0) is 13.7. The maximum Gasteiger partial charge on any atom is 0.0414 e. The van der Waals surface area contributed by atoms with Gasteiger partial charge in [0.1, 0.15) is 0 Å². The molecule has 1 fully saturated rings. The molecule has 1 aromatic carbocycles. The van der Waals surface area contributed by atoms with Gasteiger partial charge in [-0.25, -0.2) is 0 Å². The van der Waals surface area contributed by atoms with Crippen LogP contribution in [-0.2, 0) is 0 Å². The van der Waals surface area contributed by atoms with Gasteiger partial charge in [0.05, 0.1) is 0 Å². The van der Waals surface area contributed by atoms with Crippen LogP contribution in [0.25, 0.3) is 0 Å². The molecule has 1 heterocycles. The summed E-state index contributed by atoms with van der Waals surface area (Å²) in [5, 5.41) is 0. The SMILES string of the molecule is CC(C)CC(N)c1ccccc1N1CCCCCC1. The molecule has 1 unspecified atom stereocenters. The number of rotatable bonds is 4. The predicted molar refractivity (Wildman–Crippen MR) is 83.5 cm³/mol. The first-order chi connectivity index (χ1) is 9.18. The largest absolute Gasteiger partial charge is 0.371 e. The Morgan fingerprint density at radius 1 is 1.05 bits per heavy atom. The Morgan fingerprint density at radius 3 is 2.32 bits per heavy atom. The van der Waals surface area contributed by atoms with Gasteiger partial charge in [0.25, 0.3) is 0 Å². The van der Waals surface area contributed by atoms with Crippen LogP contribution in [0.1, 0.15) is 57.6 Å². The Kier molecular flexibility index (Phi) is 5.26. The lowest BCUT2D eigenvalue weighted by Crippen LogP contribution is -2.27. The van der Waals surface area contributed by atoms with Crippen molar-refractivity contribution in [2.75, 3.05) is 18.0 Å². The highest BCUT2D eigenvalue weighted by molar-refractivity contribution is 5.55. The molecule has 0 aromatic heterocycles. The Balaban J connectivity index is 2.19. The minimum absolute atomic E-state index is 0.166. The van der Waals surface area contributed by atoms with E-state index in [1.54, 1.807) is 0 Å². The monoisotopic (exact) mass is 260 g/mol. The first kappa shape index (κ1) is 14.4. The summed E-state index contributed by atoms with van der Waals surface area (Å²) >= 11 is 0. The van der Waals surface area contributed by atoms with E-state index in [1.165, 1.54) is 50.0 Å². The Morgan fingerprint density at radius 2 is 1.68 bits per heavy atom. The van der Waals surface area contributed by atoms with Gasteiger partial charge in [-0.15, -0.1) is 0 Å². The maximum absolute atomic E-state index is 6.42. The van der Waals surface area contributed by atoms with E-state index in [9.17, 15) is 0 Å². The van der Waals surface area contributed by atoms with Crippen LogP contribution in [0.2, 0.25) is 0 Å². The highest BCUT2D eigenvalue weighted by Crippen LogP contribution is 2.30. The molecular weight excluding hydrogens is 232 g/mol. The summed E-state index contributed by atoms with van der Waals surface area (Å²) in [6.45, 7) is 6.86. The molecule has 1 saturated heterocycles. The van der Waals surface area contributed by atoms with Crippen molar-refractivity contribution in [3.8, 4) is 0 Å². The van der Waals surface area contributed by atoms with E-state index in [1.807, 2.05) is 0 Å². The van der Waals surface area contributed by atoms with E-state index in [0.717, 1.165) is 6.42 Å².